The maximum atomic E-state index is 13.5. The zero-order valence-corrected chi connectivity index (χ0v) is 13.1. The van der Waals surface area contributed by atoms with Gasteiger partial charge >= 0.3 is 0 Å². The summed E-state index contributed by atoms with van der Waals surface area (Å²) in [5.41, 5.74) is 1.55. The Hall–Kier alpha value is -2.27. The number of carbonyl (C=O) groups is 1. The summed E-state index contributed by atoms with van der Waals surface area (Å²) in [7, 11) is 0. The Morgan fingerprint density at radius 3 is 2.61 bits per heavy atom. The molecule has 2 rings (SSSR count). The first kappa shape index (κ1) is 17.1. The van der Waals surface area contributed by atoms with Crippen LogP contribution in [0.5, 0.6) is 0 Å². The third-order valence-corrected chi connectivity index (χ3v) is 3.20. The number of nitrogens with one attached hydrogen (secondary N) is 1. The van der Waals surface area contributed by atoms with E-state index >= 15 is 0 Å². The maximum absolute atomic E-state index is 13.5. The quantitative estimate of drug-likeness (QED) is 0.879. The van der Waals surface area contributed by atoms with Crippen LogP contribution < -0.4 is 5.32 Å². The molecule has 0 saturated carbocycles. The molecule has 0 fully saturated rings. The number of amides is 1. The van der Waals surface area contributed by atoms with Crippen molar-refractivity contribution in [3.63, 3.8) is 0 Å². The molecule has 0 aliphatic heterocycles. The summed E-state index contributed by atoms with van der Waals surface area (Å²) in [5.74, 6) is -2.04. The van der Waals surface area contributed by atoms with Crippen LogP contribution >= 0.6 is 0 Å². The Morgan fingerprint density at radius 1 is 1.13 bits per heavy atom. The van der Waals surface area contributed by atoms with E-state index in [1.807, 2.05) is 38.1 Å². The van der Waals surface area contributed by atoms with Gasteiger partial charge in [0, 0.05) is 6.54 Å². The van der Waals surface area contributed by atoms with E-state index in [4.69, 9.17) is 4.74 Å². The summed E-state index contributed by atoms with van der Waals surface area (Å²) in [5, 5.41) is 2.59. The van der Waals surface area contributed by atoms with Crippen molar-refractivity contribution >= 4 is 5.91 Å². The number of halogens is 2. The van der Waals surface area contributed by atoms with Crippen LogP contribution in [0.25, 0.3) is 0 Å². The molecule has 0 bridgehead atoms. The summed E-state index contributed by atoms with van der Waals surface area (Å²) in [6.45, 7) is 4.62. The third-order valence-electron chi connectivity index (χ3n) is 3.20. The largest absolute Gasteiger partial charge is 0.374 e. The lowest BCUT2D eigenvalue weighted by molar-refractivity contribution is 0.0657. The summed E-state index contributed by atoms with van der Waals surface area (Å²) in [4.78, 5) is 11.9. The minimum absolute atomic E-state index is 0.134. The highest BCUT2D eigenvalue weighted by atomic mass is 19.1. The van der Waals surface area contributed by atoms with E-state index in [9.17, 15) is 13.6 Å². The molecule has 2 aromatic carbocycles. The normalized spacial score (nSPS) is 10.8. The Labute approximate surface area is 134 Å². The van der Waals surface area contributed by atoms with Crippen LogP contribution in [0.2, 0.25) is 0 Å². The molecule has 0 unspecified atom stereocenters. The molecule has 0 heterocycles. The minimum Gasteiger partial charge on any atom is -0.374 e. The van der Waals surface area contributed by atoms with Gasteiger partial charge in [-0.15, -0.1) is 0 Å². The number of ether oxygens (including phenoxy) is 1. The van der Waals surface area contributed by atoms with Gasteiger partial charge in [-0.25, -0.2) is 8.78 Å². The number of hydrogen-bond acceptors (Lipinski definition) is 2. The monoisotopic (exact) mass is 319 g/mol. The van der Waals surface area contributed by atoms with Crippen molar-refractivity contribution in [2.24, 2.45) is 0 Å². The van der Waals surface area contributed by atoms with E-state index in [-0.39, 0.29) is 18.2 Å². The average molecular weight is 319 g/mol. The Bertz CT molecular complexity index is 686. The topological polar surface area (TPSA) is 38.3 Å². The lowest BCUT2D eigenvalue weighted by Gasteiger charge is -2.10. The van der Waals surface area contributed by atoms with E-state index in [0.29, 0.717) is 6.61 Å². The van der Waals surface area contributed by atoms with Gasteiger partial charge in [0.15, 0.2) is 0 Å². The molecule has 5 heteroatoms. The fraction of sp³-hybridized carbons (Fsp3) is 0.278. The summed E-state index contributed by atoms with van der Waals surface area (Å²) in [6, 6.07) is 10.4. The van der Waals surface area contributed by atoms with Crippen LogP contribution in [-0.4, -0.2) is 12.0 Å². The smallest absolute Gasteiger partial charge is 0.254 e. The first-order chi connectivity index (χ1) is 11.0. The van der Waals surface area contributed by atoms with Gasteiger partial charge < -0.3 is 10.1 Å². The van der Waals surface area contributed by atoms with E-state index in [2.05, 4.69) is 5.32 Å². The second-order valence-corrected chi connectivity index (χ2v) is 5.49. The minimum atomic E-state index is -0.747. The molecule has 3 nitrogen and oxygen atoms in total. The van der Waals surface area contributed by atoms with Crippen LogP contribution in [0.15, 0.2) is 42.5 Å². The summed E-state index contributed by atoms with van der Waals surface area (Å²) < 4.78 is 32.2. The molecule has 1 amide bonds. The number of hydrogen-bond donors (Lipinski definition) is 1. The van der Waals surface area contributed by atoms with Gasteiger partial charge in [-0.3, -0.25) is 4.79 Å². The highest BCUT2D eigenvalue weighted by Crippen LogP contribution is 2.11. The SMILES string of the molecule is CC(C)OCc1cccc(CNC(=O)c2cc(F)ccc2F)c1. The Morgan fingerprint density at radius 2 is 1.87 bits per heavy atom. The number of carbonyl (C=O) groups excluding carboxylic acids is 1. The van der Waals surface area contributed by atoms with Gasteiger partial charge in [0.05, 0.1) is 18.3 Å². The summed E-state index contributed by atoms with van der Waals surface area (Å²) in [6.07, 6.45) is 0.134. The highest BCUT2D eigenvalue weighted by Gasteiger charge is 2.12. The molecule has 122 valence electrons. The zero-order valence-electron chi connectivity index (χ0n) is 13.1. The van der Waals surface area contributed by atoms with Gasteiger partial charge in [-0.1, -0.05) is 24.3 Å². The van der Waals surface area contributed by atoms with Crippen molar-refractivity contribution in [3.8, 4) is 0 Å². The number of rotatable bonds is 6. The second kappa shape index (κ2) is 7.83. The van der Waals surface area contributed by atoms with E-state index in [1.165, 1.54) is 0 Å². The van der Waals surface area contributed by atoms with Crippen molar-refractivity contribution in [2.45, 2.75) is 33.1 Å². The van der Waals surface area contributed by atoms with Gasteiger partial charge in [0.2, 0.25) is 0 Å². The maximum Gasteiger partial charge on any atom is 0.254 e. The third kappa shape index (κ3) is 5.14. The molecule has 0 aliphatic rings. The highest BCUT2D eigenvalue weighted by molar-refractivity contribution is 5.94. The van der Waals surface area contributed by atoms with Crippen molar-refractivity contribution in [2.75, 3.05) is 0 Å². The van der Waals surface area contributed by atoms with Gasteiger partial charge in [-0.05, 0) is 43.2 Å². The molecular formula is C18H19F2NO2. The Kier molecular flexibility index (Phi) is 5.82. The standard InChI is InChI=1S/C18H19F2NO2/c1-12(2)23-11-14-5-3-4-13(8-14)10-21-18(22)16-9-15(19)6-7-17(16)20/h3-9,12H,10-11H2,1-2H3,(H,21,22). The lowest BCUT2D eigenvalue weighted by Crippen LogP contribution is -2.24. The van der Waals surface area contributed by atoms with Crippen molar-refractivity contribution < 1.29 is 18.3 Å². The van der Waals surface area contributed by atoms with Crippen molar-refractivity contribution in [1.82, 2.24) is 5.32 Å². The van der Waals surface area contributed by atoms with Gasteiger partial charge in [0.1, 0.15) is 11.6 Å². The van der Waals surface area contributed by atoms with Crippen molar-refractivity contribution in [3.05, 3.63) is 70.8 Å². The molecule has 23 heavy (non-hydrogen) atoms. The van der Waals surface area contributed by atoms with Crippen molar-refractivity contribution in [1.29, 1.82) is 0 Å². The van der Waals surface area contributed by atoms with E-state index in [0.717, 1.165) is 29.3 Å². The lowest BCUT2D eigenvalue weighted by atomic mass is 10.1. The van der Waals surface area contributed by atoms with Crippen LogP contribution in [-0.2, 0) is 17.9 Å². The molecule has 0 saturated heterocycles. The average Bonchev–Trinajstić information content (AvgIpc) is 2.53. The molecule has 1 N–H and O–H groups in total. The van der Waals surface area contributed by atoms with Crippen LogP contribution in [0.1, 0.15) is 35.3 Å². The molecule has 0 radical (unpaired) electrons. The Balaban J connectivity index is 1.99. The van der Waals surface area contributed by atoms with Crippen LogP contribution in [0.4, 0.5) is 8.78 Å². The predicted molar refractivity (Wildman–Crippen MR) is 83.9 cm³/mol. The summed E-state index contributed by atoms with van der Waals surface area (Å²) >= 11 is 0. The van der Waals surface area contributed by atoms with E-state index in [1.54, 1.807) is 0 Å². The van der Waals surface area contributed by atoms with E-state index < -0.39 is 17.5 Å². The fourth-order valence-electron chi connectivity index (χ4n) is 2.04. The van der Waals surface area contributed by atoms with Gasteiger partial charge in [-0.2, -0.15) is 0 Å². The predicted octanol–water partition coefficient (Wildman–Crippen LogP) is 3.82. The molecule has 0 aromatic heterocycles. The fourth-order valence-corrected chi connectivity index (χ4v) is 2.04. The van der Waals surface area contributed by atoms with Gasteiger partial charge in [0.25, 0.3) is 5.91 Å². The first-order valence-electron chi connectivity index (χ1n) is 7.38. The molecule has 0 atom stereocenters. The van der Waals surface area contributed by atoms with Crippen LogP contribution in [0, 0.1) is 11.6 Å². The molecule has 2 aromatic rings. The zero-order chi connectivity index (χ0) is 16.8. The molecular weight excluding hydrogens is 300 g/mol. The first-order valence-corrected chi connectivity index (χ1v) is 7.38. The molecule has 0 spiro atoms. The number of benzene rings is 2. The molecule has 0 aliphatic carbocycles. The second-order valence-electron chi connectivity index (χ2n) is 5.49. The van der Waals surface area contributed by atoms with Crippen LogP contribution in [0.3, 0.4) is 0 Å².